The minimum atomic E-state index is -1.03. The van der Waals surface area contributed by atoms with Crippen LogP contribution < -0.4 is 5.32 Å². The van der Waals surface area contributed by atoms with Crippen molar-refractivity contribution in [3.05, 3.63) is 77.4 Å². The number of benzene rings is 2. The number of hydrogen-bond donors (Lipinski definition) is 3. The number of hydrogen-bond acceptors (Lipinski definition) is 4. The zero-order valence-electron chi connectivity index (χ0n) is 15.9. The van der Waals surface area contributed by atoms with Gasteiger partial charge in [0.2, 0.25) is 0 Å². The summed E-state index contributed by atoms with van der Waals surface area (Å²) in [6, 6.07) is 15.4. The summed E-state index contributed by atoms with van der Waals surface area (Å²) < 4.78 is 5.51. The third-order valence-corrected chi connectivity index (χ3v) is 5.21. The van der Waals surface area contributed by atoms with Crippen LogP contribution in [0.4, 0.5) is 4.79 Å². The van der Waals surface area contributed by atoms with E-state index in [4.69, 9.17) is 4.74 Å². The number of aryl methyl sites for hydroxylation is 1. The van der Waals surface area contributed by atoms with Gasteiger partial charge < -0.3 is 20.1 Å². The lowest BCUT2D eigenvalue weighted by atomic mass is 9.98. The van der Waals surface area contributed by atoms with Crippen LogP contribution in [0.2, 0.25) is 0 Å². The molecular formula is C22H21N3O4. The molecule has 0 saturated carbocycles. The van der Waals surface area contributed by atoms with Gasteiger partial charge in [-0.3, -0.25) is 4.79 Å². The molecule has 0 fully saturated rings. The summed E-state index contributed by atoms with van der Waals surface area (Å²) in [5.74, 6) is -1.09. The van der Waals surface area contributed by atoms with E-state index in [0.717, 1.165) is 22.3 Å². The lowest BCUT2D eigenvalue weighted by Crippen LogP contribution is -2.32. The average Bonchev–Trinajstić information content (AvgIpc) is 3.27. The fourth-order valence-electron chi connectivity index (χ4n) is 3.89. The van der Waals surface area contributed by atoms with E-state index in [0.29, 0.717) is 11.4 Å². The van der Waals surface area contributed by atoms with E-state index in [1.165, 1.54) is 6.33 Å². The first kappa shape index (κ1) is 18.7. The van der Waals surface area contributed by atoms with E-state index >= 15 is 0 Å². The van der Waals surface area contributed by atoms with Crippen LogP contribution in [0.25, 0.3) is 11.1 Å². The van der Waals surface area contributed by atoms with Gasteiger partial charge in [0.05, 0.1) is 24.5 Å². The van der Waals surface area contributed by atoms with Gasteiger partial charge in [-0.05, 0) is 29.2 Å². The zero-order valence-corrected chi connectivity index (χ0v) is 15.9. The molecule has 0 bridgehead atoms. The third kappa shape index (κ3) is 3.71. The minimum absolute atomic E-state index is 0.0572. The number of alkyl carbamates (subject to hydrolysis) is 1. The topological polar surface area (TPSA) is 104 Å². The normalized spacial score (nSPS) is 13.4. The number of aromatic nitrogens is 2. The van der Waals surface area contributed by atoms with Crippen LogP contribution in [0.3, 0.4) is 0 Å². The highest BCUT2D eigenvalue weighted by Gasteiger charge is 2.29. The van der Waals surface area contributed by atoms with Gasteiger partial charge in [-0.15, -0.1) is 0 Å². The number of carbonyl (C=O) groups is 2. The first-order valence-corrected chi connectivity index (χ1v) is 9.37. The Kier molecular flexibility index (Phi) is 5.03. The van der Waals surface area contributed by atoms with Crippen LogP contribution in [0.5, 0.6) is 0 Å². The molecule has 29 heavy (non-hydrogen) atoms. The van der Waals surface area contributed by atoms with Crippen LogP contribution in [-0.2, 0) is 9.53 Å². The molecule has 0 saturated heterocycles. The number of rotatable bonds is 6. The smallest absolute Gasteiger partial charge is 0.407 e. The molecule has 3 N–H and O–H groups in total. The highest BCUT2D eigenvalue weighted by atomic mass is 16.5. The predicted octanol–water partition coefficient (Wildman–Crippen LogP) is 3.77. The number of imidazole rings is 1. The zero-order chi connectivity index (χ0) is 20.4. The molecule has 2 aromatic carbocycles. The van der Waals surface area contributed by atoms with Crippen molar-refractivity contribution < 1.29 is 19.4 Å². The van der Waals surface area contributed by atoms with Crippen molar-refractivity contribution in [3.63, 3.8) is 0 Å². The molecule has 0 unspecified atom stereocenters. The Morgan fingerprint density at radius 3 is 2.31 bits per heavy atom. The van der Waals surface area contributed by atoms with Crippen molar-refractivity contribution >= 4 is 12.1 Å². The van der Waals surface area contributed by atoms with Crippen molar-refractivity contribution in [1.82, 2.24) is 15.3 Å². The number of fused-ring (bicyclic) bond motifs is 3. The molecule has 7 heteroatoms. The second-order valence-corrected chi connectivity index (χ2v) is 7.03. The van der Waals surface area contributed by atoms with E-state index in [1.807, 2.05) is 36.4 Å². The third-order valence-electron chi connectivity index (χ3n) is 5.21. The molecule has 0 radical (unpaired) electrons. The molecule has 1 aliphatic carbocycles. The van der Waals surface area contributed by atoms with Crippen molar-refractivity contribution in [3.8, 4) is 11.1 Å². The number of carboxylic acid groups (broad SMARTS) is 1. The van der Waals surface area contributed by atoms with E-state index in [-0.39, 0.29) is 18.9 Å². The van der Waals surface area contributed by atoms with Crippen LogP contribution in [0.1, 0.15) is 40.9 Å². The van der Waals surface area contributed by atoms with E-state index in [2.05, 4.69) is 27.4 Å². The Labute approximate surface area is 167 Å². The highest BCUT2D eigenvalue weighted by Crippen LogP contribution is 2.44. The molecule has 1 aliphatic rings. The summed E-state index contributed by atoms with van der Waals surface area (Å²) >= 11 is 0. The number of aliphatic carboxylic acids is 1. The van der Waals surface area contributed by atoms with Gasteiger partial charge in [-0.25, -0.2) is 9.78 Å². The lowest BCUT2D eigenvalue weighted by Gasteiger charge is -2.18. The summed E-state index contributed by atoms with van der Waals surface area (Å²) in [5, 5.41) is 11.8. The average molecular weight is 391 g/mol. The summed E-state index contributed by atoms with van der Waals surface area (Å²) in [6.45, 7) is 1.94. The Balaban J connectivity index is 1.48. The predicted molar refractivity (Wildman–Crippen MR) is 107 cm³/mol. The molecule has 1 atom stereocenters. The SMILES string of the molecule is Cc1[nH]cnc1[C@@H](CC(=O)O)NC(=O)OCC1c2ccccc2-c2ccccc21. The molecule has 0 aliphatic heterocycles. The number of carboxylic acids is 1. The van der Waals surface area contributed by atoms with Crippen molar-refractivity contribution in [2.75, 3.05) is 6.61 Å². The van der Waals surface area contributed by atoms with Gasteiger partial charge in [0.1, 0.15) is 6.61 Å². The van der Waals surface area contributed by atoms with Crippen LogP contribution in [0, 0.1) is 6.92 Å². The summed E-state index contributed by atoms with van der Waals surface area (Å²) in [4.78, 5) is 30.7. The monoisotopic (exact) mass is 391 g/mol. The van der Waals surface area contributed by atoms with Gasteiger partial charge in [-0.2, -0.15) is 0 Å². The fourth-order valence-corrected chi connectivity index (χ4v) is 3.89. The number of ether oxygens (including phenoxy) is 1. The standard InChI is InChI=1S/C22H21N3O4/c1-13-21(24-12-23-13)19(10-20(26)27)25-22(28)29-11-18-16-8-4-2-6-14(16)15-7-3-5-9-17(15)18/h2-9,12,18-19H,10-11H2,1H3,(H,23,24)(H,25,28)(H,26,27)/t19-/m1/s1. The first-order chi connectivity index (χ1) is 14.0. The number of nitrogens with one attached hydrogen (secondary N) is 2. The first-order valence-electron chi connectivity index (χ1n) is 9.37. The second-order valence-electron chi connectivity index (χ2n) is 7.03. The van der Waals surface area contributed by atoms with Gasteiger partial charge in [0.15, 0.2) is 0 Å². The molecule has 7 nitrogen and oxygen atoms in total. The van der Waals surface area contributed by atoms with Crippen molar-refractivity contribution in [2.45, 2.75) is 25.3 Å². The summed E-state index contributed by atoms with van der Waals surface area (Å²) in [6.07, 6.45) is 0.523. The van der Waals surface area contributed by atoms with Crippen LogP contribution in [0.15, 0.2) is 54.9 Å². The van der Waals surface area contributed by atoms with E-state index in [1.54, 1.807) is 6.92 Å². The molecule has 1 amide bonds. The quantitative estimate of drug-likeness (QED) is 0.593. The molecule has 148 valence electrons. The highest BCUT2D eigenvalue weighted by molar-refractivity contribution is 5.79. The lowest BCUT2D eigenvalue weighted by molar-refractivity contribution is -0.137. The molecule has 1 heterocycles. The molecule has 4 rings (SSSR count). The van der Waals surface area contributed by atoms with Gasteiger partial charge in [-0.1, -0.05) is 48.5 Å². The van der Waals surface area contributed by atoms with Crippen molar-refractivity contribution in [1.29, 1.82) is 0 Å². The molecular weight excluding hydrogens is 370 g/mol. The molecule has 3 aromatic rings. The van der Waals surface area contributed by atoms with Crippen molar-refractivity contribution in [2.24, 2.45) is 0 Å². The van der Waals surface area contributed by atoms with Crippen LogP contribution in [-0.4, -0.2) is 33.7 Å². The number of nitrogens with zero attached hydrogens (tertiary/aromatic N) is 1. The summed E-state index contributed by atoms with van der Waals surface area (Å²) in [7, 11) is 0. The minimum Gasteiger partial charge on any atom is -0.481 e. The maximum atomic E-state index is 12.5. The van der Waals surface area contributed by atoms with E-state index < -0.39 is 18.1 Å². The maximum absolute atomic E-state index is 12.5. The number of H-pyrrole nitrogens is 1. The molecule has 0 spiro atoms. The second kappa shape index (κ2) is 7.79. The van der Waals surface area contributed by atoms with Gasteiger partial charge in [0.25, 0.3) is 0 Å². The number of amides is 1. The van der Waals surface area contributed by atoms with E-state index in [9.17, 15) is 14.7 Å². The number of carbonyl (C=O) groups excluding carboxylic acids is 1. The Morgan fingerprint density at radius 2 is 1.76 bits per heavy atom. The Hall–Kier alpha value is -3.61. The Morgan fingerprint density at radius 1 is 1.14 bits per heavy atom. The summed E-state index contributed by atoms with van der Waals surface area (Å²) in [5.41, 5.74) is 5.72. The largest absolute Gasteiger partial charge is 0.481 e. The van der Waals surface area contributed by atoms with Gasteiger partial charge in [0, 0.05) is 11.6 Å². The van der Waals surface area contributed by atoms with Gasteiger partial charge >= 0.3 is 12.1 Å². The Bertz CT molecular complexity index is 1010. The van der Waals surface area contributed by atoms with Crippen LogP contribution >= 0.6 is 0 Å². The molecule has 1 aromatic heterocycles. The number of aromatic amines is 1. The maximum Gasteiger partial charge on any atom is 0.407 e. The fraction of sp³-hybridized carbons (Fsp3) is 0.227.